The van der Waals surface area contributed by atoms with E-state index < -0.39 is 11.9 Å². The van der Waals surface area contributed by atoms with Crippen molar-refractivity contribution in [2.75, 3.05) is 40.0 Å². The predicted octanol–water partition coefficient (Wildman–Crippen LogP) is 1.52. The van der Waals surface area contributed by atoms with Gasteiger partial charge in [-0.3, -0.25) is 14.5 Å². The van der Waals surface area contributed by atoms with Gasteiger partial charge in [0.25, 0.3) is 0 Å². The number of piperidine rings is 1. The molecule has 3 rings (SSSR count). The number of rotatable bonds is 4. The molecule has 2 saturated heterocycles. The van der Waals surface area contributed by atoms with Crippen LogP contribution in [-0.4, -0.2) is 62.8 Å². The first-order valence-corrected chi connectivity index (χ1v) is 8.71. The molecule has 2 heterocycles. The highest BCUT2D eigenvalue weighted by atomic mass is 16.6. The number of hydrogen-bond acceptors (Lipinski definition) is 6. The summed E-state index contributed by atoms with van der Waals surface area (Å²) in [6.45, 7) is 4.68. The van der Waals surface area contributed by atoms with Crippen LogP contribution in [0, 0.1) is 12.8 Å². The number of nitrogens with zero attached hydrogens (tertiary/aromatic N) is 1. The molecule has 2 aliphatic heterocycles. The molecule has 1 aromatic rings. The van der Waals surface area contributed by atoms with Gasteiger partial charge in [-0.1, -0.05) is 24.3 Å². The Morgan fingerprint density at radius 1 is 1.32 bits per heavy atom. The minimum Gasteiger partial charge on any atom is -0.468 e. The lowest BCUT2D eigenvalue weighted by atomic mass is 9.90. The van der Waals surface area contributed by atoms with Crippen molar-refractivity contribution in [3.63, 3.8) is 0 Å². The summed E-state index contributed by atoms with van der Waals surface area (Å²) in [5, 5.41) is 0. The monoisotopic (exact) mass is 347 g/mol. The number of carbonyl (C=O) groups is 2. The number of ketones is 1. The van der Waals surface area contributed by atoms with E-state index in [1.807, 2.05) is 12.1 Å². The lowest BCUT2D eigenvalue weighted by Gasteiger charge is -2.42. The third-order valence-corrected chi connectivity index (χ3v) is 5.03. The number of Topliss-reactive ketones (excluding diaryl/α,β-unsaturated/α-hetero) is 1. The normalized spacial score (nSPS) is 26.2. The number of aryl methyl sites for hydroxylation is 1. The van der Waals surface area contributed by atoms with Crippen molar-refractivity contribution in [2.24, 2.45) is 5.92 Å². The van der Waals surface area contributed by atoms with Gasteiger partial charge in [-0.2, -0.15) is 0 Å². The highest BCUT2D eigenvalue weighted by molar-refractivity contribution is 5.99. The van der Waals surface area contributed by atoms with E-state index in [-0.39, 0.29) is 17.9 Å². The van der Waals surface area contributed by atoms with Gasteiger partial charge >= 0.3 is 5.97 Å². The van der Waals surface area contributed by atoms with E-state index in [0.717, 1.165) is 11.1 Å². The van der Waals surface area contributed by atoms with E-state index in [0.29, 0.717) is 39.3 Å². The molecule has 6 nitrogen and oxygen atoms in total. The standard InChI is InChI=1S/C19H25NO5/c1-13-5-3-4-6-14(13)18(17-12-24-9-10-25-17)20-8-7-16(21)15(11-20)19(22)23-2/h3-6,15,17-18H,7-12H2,1-2H3. The molecule has 136 valence electrons. The molecule has 0 amide bonds. The van der Waals surface area contributed by atoms with Crippen LogP contribution in [0.5, 0.6) is 0 Å². The summed E-state index contributed by atoms with van der Waals surface area (Å²) in [7, 11) is 1.32. The summed E-state index contributed by atoms with van der Waals surface area (Å²) in [5.41, 5.74) is 2.31. The van der Waals surface area contributed by atoms with Crippen LogP contribution in [-0.2, 0) is 23.8 Å². The Morgan fingerprint density at radius 2 is 2.12 bits per heavy atom. The molecule has 0 N–H and O–H groups in total. The zero-order valence-corrected chi connectivity index (χ0v) is 14.8. The number of methoxy groups -OCH3 is 1. The number of benzene rings is 1. The van der Waals surface area contributed by atoms with Gasteiger partial charge in [0.15, 0.2) is 0 Å². The Morgan fingerprint density at radius 3 is 2.80 bits per heavy atom. The summed E-state index contributed by atoms with van der Waals surface area (Å²) in [4.78, 5) is 26.3. The van der Waals surface area contributed by atoms with E-state index in [1.54, 1.807) is 0 Å². The minimum atomic E-state index is -0.727. The highest BCUT2D eigenvalue weighted by Crippen LogP contribution is 2.33. The second-order valence-corrected chi connectivity index (χ2v) is 6.57. The van der Waals surface area contributed by atoms with Gasteiger partial charge in [0, 0.05) is 19.5 Å². The van der Waals surface area contributed by atoms with Crippen molar-refractivity contribution in [3.05, 3.63) is 35.4 Å². The number of ether oxygens (including phenoxy) is 3. The molecule has 2 aliphatic rings. The molecule has 25 heavy (non-hydrogen) atoms. The Bertz CT molecular complexity index is 618. The molecule has 0 aromatic heterocycles. The van der Waals surface area contributed by atoms with Gasteiger partial charge in [0.1, 0.15) is 17.8 Å². The molecule has 0 spiro atoms. The van der Waals surface area contributed by atoms with E-state index >= 15 is 0 Å². The average Bonchev–Trinajstić information content (AvgIpc) is 2.65. The fourth-order valence-electron chi connectivity index (χ4n) is 3.70. The van der Waals surface area contributed by atoms with E-state index in [4.69, 9.17) is 14.2 Å². The Labute approximate surface area is 148 Å². The molecule has 2 fully saturated rings. The zero-order valence-electron chi connectivity index (χ0n) is 14.8. The first-order valence-electron chi connectivity index (χ1n) is 8.71. The largest absolute Gasteiger partial charge is 0.468 e. The van der Waals surface area contributed by atoms with Crippen LogP contribution in [0.25, 0.3) is 0 Å². The molecule has 1 aromatic carbocycles. The van der Waals surface area contributed by atoms with Crippen LogP contribution in [0.15, 0.2) is 24.3 Å². The topological polar surface area (TPSA) is 65.1 Å². The Kier molecular flexibility index (Phi) is 5.83. The van der Waals surface area contributed by atoms with Crippen molar-refractivity contribution in [1.29, 1.82) is 0 Å². The Hall–Kier alpha value is -1.76. The summed E-state index contributed by atoms with van der Waals surface area (Å²) in [6.07, 6.45) is 0.219. The SMILES string of the molecule is COC(=O)C1CN(C(c2ccccc2C)C2COCCO2)CCC1=O. The zero-order chi connectivity index (χ0) is 17.8. The molecule has 6 heteroatoms. The van der Waals surface area contributed by atoms with Gasteiger partial charge in [0.05, 0.1) is 33.0 Å². The molecule has 0 saturated carbocycles. The van der Waals surface area contributed by atoms with Crippen LogP contribution in [0.1, 0.15) is 23.6 Å². The quantitative estimate of drug-likeness (QED) is 0.608. The number of carbonyl (C=O) groups excluding carboxylic acids is 2. The van der Waals surface area contributed by atoms with Gasteiger partial charge in [-0.25, -0.2) is 0 Å². The van der Waals surface area contributed by atoms with Crippen molar-refractivity contribution in [1.82, 2.24) is 4.90 Å². The second kappa shape index (κ2) is 8.08. The Balaban J connectivity index is 1.90. The van der Waals surface area contributed by atoms with Crippen LogP contribution < -0.4 is 0 Å². The van der Waals surface area contributed by atoms with E-state index in [1.165, 1.54) is 7.11 Å². The van der Waals surface area contributed by atoms with Crippen molar-refractivity contribution in [2.45, 2.75) is 25.5 Å². The summed E-state index contributed by atoms with van der Waals surface area (Å²) < 4.78 is 16.4. The van der Waals surface area contributed by atoms with Crippen LogP contribution >= 0.6 is 0 Å². The third-order valence-electron chi connectivity index (χ3n) is 5.03. The van der Waals surface area contributed by atoms with Gasteiger partial charge < -0.3 is 14.2 Å². The maximum atomic E-state index is 12.2. The first-order chi connectivity index (χ1) is 12.1. The number of hydrogen-bond donors (Lipinski definition) is 0. The third kappa shape index (κ3) is 3.92. The maximum Gasteiger partial charge on any atom is 0.317 e. The van der Waals surface area contributed by atoms with Crippen LogP contribution in [0.4, 0.5) is 0 Å². The van der Waals surface area contributed by atoms with E-state index in [9.17, 15) is 9.59 Å². The summed E-state index contributed by atoms with van der Waals surface area (Å²) in [6, 6.07) is 8.11. The lowest BCUT2D eigenvalue weighted by Crippen LogP contribution is -2.50. The second-order valence-electron chi connectivity index (χ2n) is 6.57. The number of likely N-dealkylation sites (tertiary alicyclic amines) is 1. The molecule has 0 aliphatic carbocycles. The predicted molar refractivity (Wildman–Crippen MR) is 91.2 cm³/mol. The van der Waals surface area contributed by atoms with Crippen LogP contribution in [0.2, 0.25) is 0 Å². The lowest BCUT2D eigenvalue weighted by molar-refractivity contribution is -0.155. The fraction of sp³-hybridized carbons (Fsp3) is 0.579. The molecule has 3 unspecified atom stereocenters. The summed E-state index contributed by atoms with van der Waals surface area (Å²) >= 11 is 0. The summed E-state index contributed by atoms with van der Waals surface area (Å²) in [5.74, 6) is -1.23. The fourth-order valence-corrected chi connectivity index (χ4v) is 3.70. The van der Waals surface area contributed by atoms with Crippen molar-refractivity contribution < 1.29 is 23.8 Å². The van der Waals surface area contributed by atoms with Gasteiger partial charge in [-0.05, 0) is 18.1 Å². The van der Waals surface area contributed by atoms with Crippen molar-refractivity contribution >= 4 is 11.8 Å². The first kappa shape index (κ1) is 18.0. The minimum absolute atomic E-state index is 0.0487. The molecular weight excluding hydrogens is 322 g/mol. The maximum absolute atomic E-state index is 12.2. The number of esters is 1. The smallest absolute Gasteiger partial charge is 0.317 e. The average molecular weight is 347 g/mol. The van der Waals surface area contributed by atoms with Gasteiger partial charge in [-0.15, -0.1) is 0 Å². The van der Waals surface area contributed by atoms with Gasteiger partial charge in [0.2, 0.25) is 0 Å². The van der Waals surface area contributed by atoms with Crippen molar-refractivity contribution in [3.8, 4) is 0 Å². The highest BCUT2D eigenvalue weighted by Gasteiger charge is 2.40. The van der Waals surface area contributed by atoms with E-state index in [2.05, 4.69) is 24.0 Å². The molecule has 0 bridgehead atoms. The molecule has 3 atom stereocenters. The molecule has 0 radical (unpaired) electrons. The van der Waals surface area contributed by atoms with Crippen LogP contribution in [0.3, 0.4) is 0 Å². The molecular formula is C19H25NO5.